The van der Waals surface area contributed by atoms with Gasteiger partial charge in [0, 0.05) is 0 Å². The third kappa shape index (κ3) is 3.19. The molecule has 0 saturated carbocycles. The lowest BCUT2D eigenvalue weighted by Crippen LogP contribution is -2.23. The minimum Gasteiger partial charge on any atom is -0.307 e. The standard InChI is InChI=1S/C16H23N/c1-3-11-17-16(14-8-4-5-9-14)15-10-6-7-13(2)12-15/h6-8,10,12,16-17H,3-5,9,11H2,1-2H3. The summed E-state index contributed by atoms with van der Waals surface area (Å²) in [6, 6.07) is 9.34. The van der Waals surface area contributed by atoms with E-state index >= 15 is 0 Å². The molecule has 1 heteroatoms. The quantitative estimate of drug-likeness (QED) is 0.748. The van der Waals surface area contributed by atoms with Crippen LogP contribution in [0, 0.1) is 6.92 Å². The van der Waals surface area contributed by atoms with Crippen molar-refractivity contribution in [2.75, 3.05) is 6.54 Å². The molecular formula is C16H23N. The van der Waals surface area contributed by atoms with Crippen LogP contribution >= 0.6 is 0 Å². The molecule has 0 amide bonds. The van der Waals surface area contributed by atoms with Gasteiger partial charge in [-0.1, -0.05) is 48.4 Å². The first-order valence-corrected chi connectivity index (χ1v) is 6.80. The van der Waals surface area contributed by atoms with Gasteiger partial charge in [0.15, 0.2) is 0 Å². The Kier molecular flexibility index (Phi) is 4.38. The van der Waals surface area contributed by atoms with E-state index in [1.54, 1.807) is 5.57 Å². The summed E-state index contributed by atoms with van der Waals surface area (Å²) in [7, 11) is 0. The number of hydrogen-bond acceptors (Lipinski definition) is 1. The van der Waals surface area contributed by atoms with Crippen LogP contribution in [0.1, 0.15) is 49.8 Å². The average molecular weight is 229 g/mol. The van der Waals surface area contributed by atoms with Gasteiger partial charge in [0.2, 0.25) is 0 Å². The highest BCUT2D eigenvalue weighted by atomic mass is 14.9. The average Bonchev–Trinajstić information content (AvgIpc) is 2.83. The van der Waals surface area contributed by atoms with Crippen LogP contribution < -0.4 is 5.32 Å². The Bertz CT molecular complexity index is 392. The van der Waals surface area contributed by atoms with Crippen molar-refractivity contribution in [3.05, 3.63) is 47.0 Å². The molecule has 1 atom stereocenters. The van der Waals surface area contributed by atoms with Crippen LogP contribution in [0.2, 0.25) is 0 Å². The fourth-order valence-electron chi connectivity index (χ4n) is 2.56. The Labute approximate surface area is 105 Å². The molecule has 1 nitrogen and oxygen atoms in total. The molecule has 0 saturated heterocycles. The zero-order chi connectivity index (χ0) is 12.1. The van der Waals surface area contributed by atoms with E-state index in [0.717, 1.165) is 6.54 Å². The Morgan fingerprint density at radius 2 is 2.24 bits per heavy atom. The van der Waals surface area contributed by atoms with Crippen molar-refractivity contribution in [3.63, 3.8) is 0 Å². The van der Waals surface area contributed by atoms with Gasteiger partial charge in [-0.3, -0.25) is 0 Å². The second kappa shape index (κ2) is 6.02. The minimum absolute atomic E-state index is 0.442. The van der Waals surface area contributed by atoms with Crippen LogP contribution in [-0.2, 0) is 0 Å². The summed E-state index contributed by atoms with van der Waals surface area (Å²) >= 11 is 0. The van der Waals surface area contributed by atoms with Gasteiger partial charge in [-0.05, 0) is 44.7 Å². The van der Waals surface area contributed by atoms with E-state index in [2.05, 4.69) is 49.5 Å². The summed E-state index contributed by atoms with van der Waals surface area (Å²) in [6.45, 7) is 5.49. The van der Waals surface area contributed by atoms with Crippen LogP contribution in [0.4, 0.5) is 0 Å². The van der Waals surface area contributed by atoms with Gasteiger partial charge in [-0.15, -0.1) is 0 Å². The molecule has 0 heterocycles. The van der Waals surface area contributed by atoms with Gasteiger partial charge in [-0.25, -0.2) is 0 Å². The molecule has 0 spiro atoms. The Morgan fingerprint density at radius 1 is 1.35 bits per heavy atom. The zero-order valence-corrected chi connectivity index (χ0v) is 11.0. The maximum atomic E-state index is 3.69. The lowest BCUT2D eigenvalue weighted by atomic mass is 9.96. The fraction of sp³-hybridized carbons (Fsp3) is 0.500. The van der Waals surface area contributed by atoms with Crippen LogP contribution in [-0.4, -0.2) is 6.54 Å². The smallest absolute Gasteiger partial charge is 0.0536 e. The molecule has 1 aliphatic rings. The first kappa shape index (κ1) is 12.4. The largest absolute Gasteiger partial charge is 0.307 e. The normalized spacial score (nSPS) is 16.9. The van der Waals surface area contributed by atoms with Gasteiger partial charge in [-0.2, -0.15) is 0 Å². The maximum Gasteiger partial charge on any atom is 0.0536 e. The number of rotatable bonds is 5. The van der Waals surface area contributed by atoms with E-state index in [1.165, 1.54) is 36.8 Å². The Hall–Kier alpha value is -1.08. The van der Waals surface area contributed by atoms with Crippen molar-refractivity contribution in [1.29, 1.82) is 0 Å². The van der Waals surface area contributed by atoms with Gasteiger partial charge < -0.3 is 5.32 Å². The molecule has 1 N–H and O–H groups in total. The fourth-order valence-corrected chi connectivity index (χ4v) is 2.56. The molecule has 1 aliphatic carbocycles. The van der Waals surface area contributed by atoms with Crippen molar-refractivity contribution < 1.29 is 0 Å². The molecule has 92 valence electrons. The molecule has 1 aromatic carbocycles. The van der Waals surface area contributed by atoms with Crippen LogP contribution in [0.5, 0.6) is 0 Å². The van der Waals surface area contributed by atoms with Crippen molar-refractivity contribution in [1.82, 2.24) is 5.32 Å². The summed E-state index contributed by atoms with van der Waals surface area (Å²) in [4.78, 5) is 0. The molecule has 1 unspecified atom stereocenters. The minimum atomic E-state index is 0.442. The van der Waals surface area contributed by atoms with Crippen molar-refractivity contribution >= 4 is 0 Å². The SMILES string of the molecule is CCCNC(C1=CCCC1)c1cccc(C)c1. The van der Waals surface area contributed by atoms with E-state index in [4.69, 9.17) is 0 Å². The number of nitrogens with one attached hydrogen (secondary N) is 1. The second-order valence-electron chi connectivity index (χ2n) is 4.97. The number of allylic oxidation sites excluding steroid dienone is 1. The Balaban J connectivity index is 2.19. The van der Waals surface area contributed by atoms with E-state index < -0.39 is 0 Å². The van der Waals surface area contributed by atoms with Crippen molar-refractivity contribution in [2.24, 2.45) is 0 Å². The first-order chi connectivity index (χ1) is 8.31. The molecule has 0 fully saturated rings. The molecule has 0 aliphatic heterocycles. The molecule has 17 heavy (non-hydrogen) atoms. The van der Waals surface area contributed by atoms with Crippen molar-refractivity contribution in [2.45, 2.75) is 45.6 Å². The van der Waals surface area contributed by atoms with Gasteiger partial charge >= 0.3 is 0 Å². The summed E-state index contributed by atoms with van der Waals surface area (Å²) in [6.07, 6.45) is 7.46. The van der Waals surface area contributed by atoms with E-state index in [9.17, 15) is 0 Å². The zero-order valence-electron chi connectivity index (χ0n) is 11.0. The van der Waals surface area contributed by atoms with Gasteiger partial charge in [0.05, 0.1) is 6.04 Å². The van der Waals surface area contributed by atoms with E-state index in [0.29, 0.717) is 6.04 Å². The molecular weight excluding hydrogens is 206 g/mol. The third-order valence-corrected chi connectivity index (χ3v) is 3.42. The highest BCUT2D eigenvalue weighted by molar-refractivity contribution is 5.32. The lowest BCUT2D eigenvalue weighted by molar-refractivity contribution is 0.578. The van der Waals surface area contributed by atoms with Crippen LogP contribution in [0.15, 0.2) is 35.9 Å². The summed E-state index contributed by atoms with van der Waals surface area (Å²) in [5.41, 5.74) is 4.36. The topological polar surface area (TPSA) is 12.0 Å². The third-order valence-electron chi connectivity index (χ3n) is 3.42. The number of aryl methyl sites for hydroxylation is 1. The summed E-state index contributed by atoms with van der Waals surface area (Å²) in [5, 5.41) is 3.69. The van der Waals surface area contributed by atoms with Gasteiger partial charge in [0.1, 0.15) is 0 Å². The number of hydrogen-bond donors (Lipinski definition) is 1. The summed E-state index contributed by atoms with van der Waals surface area (Å²) in [5.74, 6) is 0. The highest BCUT2D eigenvalue weighted by Gasteiger charge is 2.18. The lowest BCUT2D eigenvalue weighted by Gasteiger charge is -2.21. The van der Waals surface area contributed by atoms with Crippen molar-refractivity contribution in [3.8, 4) is 0 Å². The molecule has 0 radical (unpaired) electrons. The number of benzene rings is 1. The van der Waals surface area contributed by atoms with E-state index in [1.807, 2.05) is 0 Å². The first-order valence-electron chi connectivity index (χ1n) is 6.80. The second-order valence-corrected chi connectivity index (χ2v) is 4.97. The molecule has 0 bridgehead atoms. The molecule has 2 rings (SSSR count). The van der Waals surface area contributed by atoms with Crippen LogP contribution in [0.25, 0.3) is 0 Å². The monoisotopic (exact) mass is 229 g/mol. The molecule has 1 aromatic rings. The Morgan fingerprint density at radius 3 is 2.88 bits per heavy atom. The van der Waals surface area contributed by atoms with E-state index in [-0.39, 0.29) is 0 Å². The van der Waals surface area contributed by atoms with Gasteiger partial charge in [0.25, 0.3) is 0 Å². The molecule has 0 aromatic heterocycles. The highest BCUT2D eigenvalue weighted by Crippen LogP contribution is 2.30. The van der Waals surface area contributed by atoms with Crippen LogP contribution in [0.3, 0.4) is 0 Å². The predicted molar refractivity (Wildman–Crippen MR) is 74.1 cm³/mol. The summed E-state index contributed by atoms with van der Waals surface area (Å²) < 4.78 is 0. The maximum absolute atomic E-state index is 3.69. The predicted octanol–water partition coefficient (Wildman–Crippen LogP) is 4.15.